The molecule has 1 N–H and O–H groups in total. The van der Waals surface area contributed by atoms with Gasteiger partial charge in [0, 0.05) is 19.9 Å². The van der Waals surface area contributed by atoms with E-state index in [4.69, 9.17) is 4.74 Å². The quantitative estimate of drug-likeness (QED) is 0.382. The second-order valence-electron chi connectivity index (χ2n) is 3.69. The van der Waals surface area contributed by atoms with Gasteiger partial charge in [-0.2, -0.15) is 0 Å². The molecule has 1 rings (SSSR count). The number of nitrogens with zero attached hydrogens (tertiary/aromatic N) is 1. The van der Waals surface area contributed by atoms with Crippen molar-refractivity contribution >= 4 is 23.3 Å². The average molecular weight is 252 g/mol. The lowest BCUT2D eigenvalue weighted by atomic mass is 10.1. The zero-order chi connectivity index (χ0) is 13.9. The summed E-state index contributed by atoms with van der Waals surface area (Å²) < 4.78 is 4.86. The van der Waals surface area contributed by atoms with Gasteiger partial charge in [0.15, 0.2) is 11.4 Å². The average Bonchev–Trinajstić information content (AvgIpc) is 2.19. The summed E-state index contributed by atoms with van der Waals surface area (Å²) in [6.45, 7) is 4.00. The molecule has 0 aliphatic rings. The van der Waals surface area contributed by atoms with E-state index in [1.165, 1.54) is 26.0 Å². The van der Waals surface area contributed by atoms with Crippen molar-refractivity contribution in [1.82, 2.24) is 0 Å². The molecule has 18 heavy (non-hydrogen) atoms. The summed E-state index contributed by atoms with van der Waals surface area (Å²) in [5.74, 6) is -1.15. The molecule has 0 atom stereocenters. The highest BCUT2D eigenvalue weighted by Crippen LogP contribution is 2.35. The summed E-state index contributed by atoms with van der Waals surface area (Å²) in [4.78, 5) is 32.2. The molecule has 0 aliphatic carbocycles. The number of anilines is 1. The van der Waals surface area contributed by atoms with Gasteiger partial charge in [-0.25, -0.2) is 0 Å². The molecule has 0 aliphatic heterocycles. The van der Waals surface area contributed by atoms with E-state index in [0.717, 1.165) is 0 Å². The lowest BCUT2D eigenvalue weighted by molar-refractivity contribution is -0.384. The van der Waals surface area contributed by atoms with Gasteiger partial charge in [-0.3, -0.25) is 19.7 Å². The van der Waals surface area contributed by atoms with E-state index in [1.54, 1.807) is 6.92 Å². The first-order chi connectivity index (χ1) is 8.31. The van der Waals surface area contributed by atoms with Crippen LogP contribution in [0.15, 0.2) is 12.1 Å². The van der Waals surface area contributed by atoms with Gasteiger partial charge in [0.2, 0.25) is 5.91 Å². The van der Waals surface area contributed by atoms with Gasteiger partial charge in [-0.1, -0.05) is 0 Å². The molecule has 96 valence electrons. The number of amides is 1. The summed E-state index contributed by atoms with van der Waals surface area (Å²) in [6.07, 6.45) is 0. The maximum Gasteiger partial charge on any atom is 0.308 e. The van der Waals surface area contributed by atoms with Crippen molar-refractivity contribution in [2.24, 2.45) is 0 Å². The van der Waals surface area contributed by atoms with Crippen molar-refractivity contribution in [3.8, 4) is 5.75 Å². The Hall–Kier alpha value is -2.44. The highest BCUT2D eigenvalue weighted by Gasteiger charge is 2.21. The third-order valence-electron chi connectivity index (χ3n) is 1.98. The number of nitrogens with one attached hydrogen (secondary N) is 1. The van der Waals surface area contributed by atoms with Crippen LogP contribution in [0, 0.1) is 17.0 Å². The van der Waals surface area contributed by atoms with Crippen molar-refractivity contribution in [2.45, 2.75) is 20.8 Å². The number of nitro groups is 1. The lowest BCUT2D eigenvalue weighted by Crippen LogP contribution is -2.12. The Kier molecular flexibility index (Phi) is 3.98. The molecular weight excluding hydrogens is 240 g/mol. The van der Waals surface area contributed by atoms with Gasteiger partial charge in [-0.05, 0) is 18.6 Å². The standard InChI is InChI=1S/C11H12N2O5/c1-6-4-9(13(16)17)11(12-7(2)14)10(5-6)18-8(3)15/h4-5H,1-3H3,(H,12,14). The first-order valence-corrected chi connectivity index (χ1v) is 5.06. The smallest absolute Gasteiger partial charge is 0.308 e. The van der Waals surface area contributed by atoms with E-state index in [2.05, 4.69) is 5.32 Å². The number of benzene rings is 1. The second kappa shape index (κ2) is 5.26. The second-order valence-corrected chi connectivity index (χ2v) is 3.69. The van der Waals surface area contributed by atoms with Crippen LogP contribution in [0.3, 0.4) is 0 Å². The molecule has 0 aromatic heterocycles. The number of esters is 1. The fourth-order valence-electron chi connectivity index (χ4n) is 1.42. The van der Waals surface area contributed by atoms with Crippen LogP contribution in [0.5, 0.6) is 5.75 Å². The summed E-state index contributed by atoms with van der Waals surface area (Å²) in [6, 6.07) is 2.73. The molecule has 0 heterocycles. The van der Waals surface area contributed by atoms with Gasteiger partial charge in [0.1, 0.15) is 0 Å². The minimum Gasteiger partial charge on any atom is -0.424 e. The van der Waals surface area contributed by atoms with Crippen molar-refractivity contribution in [3.05, 3.63) is 27.8 Å². The molecule has 1 amide bonds. The number of hydrogen-bond acceptors (Lipinski definition) is 5. The zero-order valence-electron chi connectivity index (χ0n) is 10.1. The topological polar surface area (TPSA) is 98.5 Å². The predicted molar refractivity (Wildman–Crippen MR) is 63.4 cm³/mol. The molecular formula is C11H12N2O5. The summed E-state index contributed by atoms with van der Waals surface area (Å²) in [7, 11) is 0. The molecule has 0 radical (unpaired) electrons. The van der Waals surface area contributed by atoms with Crippen LogP contribution in [-0.4, -0.2) is 16.8 Å². The Morgan fingerprint density at radius 1 is 1.33 bits per heavy atom. The number of carbonyl (C=O) groups is 2. The summed E-state index contributed by atoms with van der Waals surface area (Å²) in [5.41, 5.74) is 0.113. The van der Waals surface area contributed by atoms with Crippen LogP contribution in [-0.2, 0) is 9.59 Å². The van der Waals surface area contributed by atoms with E-state index in [9.17, 15) is 19.7 Å². The molecule has 0 fully saturated rings. The minimum absolute atomic E-state index is 0.0376. The third-order valence-corrected chi connectivity index (χ3v) is 1.98. The molecule has 7 heteroatoms. The number of hydrogen-bond donors (Lipinski definition) is 1. The fraction of sp³-hybridized carbons (Fsp3) is 0.273. The van der Waals surface area contributed by atoms with E-state index in [-0.39, 0.29) is 17.1 Å². The number of carbonyl (C=O) groups excluding carboxylic acids is 2. The van der Waals surface area contributed by atoms with Gasteiger partial charge in [-0.15, -0.1) is 0 Å². The Labute approximate surface area is 103 Å². The number of ether oxygens (including phenoxy) is 1. The van der Waals surface area contributed by atoms with Crippen LogP contribution >= 0.6 is 0 Å². The minimum atomic E-state index is -0.648. The molecule has 1 aromatic carbocycles. The monoisotopic (exact) mass is 252 g/mol. The van der Waals surface area contributed by atoms with Crippen LogP contribution in [0.1, 0.15) is 19.4 Å². The first kappa shape index (κ1) is 13.6. The molecule has 0 bridgehead atoms. The zero-order valence-corrected chi connectivity index (χ0v) is 10.1. The Balaban J connectivity index is 3.41. The van der Waals surface area contributed by atoms with Crippen LogP contribution in [0.4, 0.5) is 11.4 Å². The van der Waals surface area contributed by atoms with Gasteiger partial charge >= 0.3 is 5.97 Å². The SMILES string of the molecule is CC(=O)Nc1c(OC(C)=O)cc(C)cc1[N+](=O)[O-]. The van der Waals surface area contributed by atoms with Crippen molar-refractivity contribution in [2.75, 3.05) is 5.32 Å². The van der Waals surface area contributed by atoms with Gasteiger partial charge in [0.25, 0.3) is 5.69 Å². The van der Waals surface area contributed by atoms with Crippen molar-refractivity contribution in [3.63, 3.8) is 0 Å². The Bertz CT molecular complexity index is 524. The molecule has 0 spiro atoms. The molecule has 1 aromatic rings. The first-order valence-electron chi connectivity index (χ1n) is 5.06. The van der Waals surface area contributed by atoms with Gasteiger partial charge < -0.3 is 10.1 Å². The van der Waals surface area contributed by atoms with Gasteiger partial charge in [0.05, 0.1) is 4.92 Å². The Morgan fingerprint density at radius 2 is 1.94 bits per heavy atom. The van der Waals surface area contributed by atoms with E-state index in [1.807, 2.05) is 0 Å². The largest absolute Gasteiger partial charge is 0.424 e. The lowest BCUT2D eigenvalue weighted by Gasteiger charge is -2.10. The maximum absolute atomic E-state index is 11.0. The third kappa shape index (κ3) is 3.27. The Morgan fingerprint density at radius 3 is 2.39 bits per heavy atom. The molecule has 0 saturated heterocycles. The molecule has 0 saturated carbocycles. The van der Waals surface area contributed by atoms with Crippen LogP contribution in [0.25, 0.3) is 0 Å². The van der Waals surface area contributed by atoms with Crippen molar-refractivity contribution in [1.29, 1.82) is 0 Å². The van der Waals surface area contributed by atoms with E-state index >= 15 is 0 Å². The number of aryl methyl sites for hydroxylation is 1. The van der Waals surface area contributed by atoms with E-state index < -0.39 is 16.8 Å². The van der Waals surface area contributed by atoms with Crippen LogP contribution < -0.4 is 10.1 Å². The van der Waals surface area contributed by atoms with Crippen LogP contribution in [0.2, 0.25) is 0 Å². The number of nitro benzene ring substituents is 1. The fourth-order valence-corrected chi connectivity index (χ4v) is 1.42. The molecule has 0 unspecified atom stereocenters. The summed E-state index contributed by atoms with van der Waals surface area (Å²) in [5, 5.41) is 13.2. The van der Waals surface area contributed by atoms with Crippen molar-refractivity contribution < 1.29 is 19.2 Å². The highest BCUT2D eigenvalue weighted by molar-refractivity contribution is 5.94. The maximum atomic E-state index is 11.0. The molecule has 7 nitrogen and oxygen atoms in total. The van der Waals surface area contributed by atoms with E-state index in [0.29, 0.717) is 5.56 Å². The summed E-state index contributed by atoms with van der Waals surface area (Å²) >= 11 is 0. The number of rotatable bonds is 3. The normalized spacial score (nSPS) is 9.72. The highest BCUT2D eigenvalue weighted by atomic mass is 16.6. The predicted octanol–water partition coefficient (Wildman–Crippen LogP) is 1.79.